The van der Waals surface area contributed by atoms with Crippen LogP contribution in [0.5, 0.6) is 11.5 Å². The Labute approximate surface area is 204 Å². The number of ether oxygens (including phenoxy) is 3. The van der Waals surface area contributed by atoms with Gasteiger partial charge in [0.05, 0.1) is 13.2 Å². The molecule has 0 spiro atoms. The summed E-state index contributed by atoms with van der Waals surface area (Å²) < 4.78 is 16.8. The Balaban J connectivity index is 1.30. The van der Waals surface area contributed by atoms with E-state index in [0.29, 0.717) is 41.6 Å². The normalized spacial score (nSPS) is 14.7. The summed E-state index contributed by atoms with van der Waals surface area (Å²) in [5.74, 6) is 0.746. The van der Waals surface area contributed by atoms with Gasteiger partial charge in [0.15, 0.2) is 11.5 Å². The van der Waals surface area contributed by atoms with E-state index >= 15 is 0 Å². The minimum absolute atomic E-state index is 0.0847. The van der Waals surface area contributed by atoms with Crippen LogP contribution < -0.4 is 25.4 Å². The Hall–Kier alpha value is -4.04. The summed E-state index contributed by atoms with van der Waals surface area (Å²) in [6, 6.07) is 21.5. The van der Waals surface area contributed by atoms with Crippen molar-refractivity contribution < 1.29 is 23.8 Å². The number of benzene rings is 3. The molecule has 3 amide bonds. The van der Waals surface area contributed by atoms with Crippen molar-refractivity contribution in [2.24, 2.45) is 0 Å². The van der Waals surface area contributed by atoms with Gasteiger partial charge in [0.1, 0.15) is 6.61 Å². The molecule has 1 atom stereocenters. The van der Waals surface area contributed by atoms with Gasteiger partial charge in [-0.05, 0) is 60.9 Å². The van der Waals surface area contributed by atoms with Crippen molar-refractivity contribution in [1.82, 2.24) is 5.32 Å². The highest BCUT2D eigenvalue weighted by molar-refractivity contribution is 6.04. The second-order valence-corrected chi connectivity index (χ2v) is 8.14. The van der Waals surface area contributed by atoms with Crippen LogP contribution in [0.25, 0.3) is 0 Å². The Kier molecular flexibility index (Phi) is 8.19. The maximum atomic E-state index is 12.7. The molecule has 182 valence electrons. The largest absolute Gasteiger partial charge is 0.493 e. The number of hydrogen-bond donors (Lipinski definition) is 3. The number of carbonyl (C=O) groups is 2. The highest BCUT2D eigenvalue weighted by Gasteiger charge is 2.16. The predicted octanol–water partition coefficient (Wildman–Crippen LogP) is 4.83. The lowest BCUT2D eigenvalue weighted by atomic mass is 10.1. The molecule has 0 aliphatic carbocycles. The number of hydrogen-bond acceptors (Lipinski definition) is 5. The summed E-state index contributed by atoms with van der Waals surface area (Å²) in [4.78, 5) is 24.8. The van der Waals surface area contributed by atoms with Crippen LogP contribution in [-0.2, 0) is 11.3 Å². The van der Waals surface area contributed by atoms with Crippen molar-refractivity contribution in [3.63, 3.8) is 0 Å². The van der Waals surface area contributed by atoms with E-state index in [-0.39, 0.29) is 18.0 Å². The number of carbonyl (C=O) groups excluding carboxylic acids is 2. The van der Waals surface area contributed by atoms with Gasteiger partial charge in [0.2, 0.25) is 0 Å². The maximum Gasteiger partial charge on any atom is 0.319 e. The number of methoxy groups -OCH3 is 1. The third kappa shape index (κ3) is 6.97. The van der Waals surface area contributed by atoms with Crippen LogP contribution in [0.3, 0.4) is 0 Å². The summed E-state index contributed by atoms with van der Waals surface area (Å²) >= 11 is 0. The fourth-order valence-corrected chi connectivity index (χ4v) is 3.69. The van der Waals surface area contributed by atoms with E-state index in [1.165, 1.54) is 7.11 Å². The molecule has 1 fully saturated rings. The van der Waals surface area contributed by atoms with Crippen LogP contribution in [0.15, 0.2) is 72.8 Å². The first-order chi connectivity index (χ1) is 17.1. The molecular formula is C27H29N3O5. The van der Waals surface area contributed by atoms with Gasteiger partial charge in [-0.2, -0.15) is 0 Å². The second kappa shape index (κ2) is 11.9. The van der Waals surface area contributed by atoms with E-state index in [9.17, 15) is 9.59 Å². The SMILES string of the molecule is COc1cc(C(=O)Nc2ccc(NC(=O)NCC3CCCO3)cc2)ccc1OCc1ccccc1. The molecule has 35 heavy (non-hydrogen) atoms. The lowest BCUT2D eigenvalue weighted by molar-refractivity contribution is 0.102. The number of rotatable bonds is 9. The first-order valence-electron chi connectivity index (χ1n) is 11.5. The number of nitrogens with one attached hydrogen (secondary N) is 3. The van der Waals surface area contributed by atoms with Gasteiger partial charge < -0.3 is 30.2 Å². The van der Waals surface area contributed by atoms with Crippen molar-refractivity contribution in [2.75, 3.05) is 30.9 Å². The van der Waals surface area contributed by atoms with Gasteiger partial charge >= 0.3 is 6.03 Å². The smallest absolute Gasteiger partial charge is 0.319 e. The Morgan fingerprint density at radius 3 is 2.37 bits per heavy atom. The van der Waals surface area contributed by atoms with Crippen molar-refractivity contribution in [3.8, 4) is 11.5 Å². The number of urea groups is 1. The van der Waals surface area contributed by atoms with Crippen molar-refractivity contribution in [2.45, 2.75) is 25.6 Å². The summed E-state index contributed by atoms with van der Waals surface area (Å²) in [5, 5.41) is 8.43. The maximum absolute atomic E-state index is 12.7. The fraction of sp³-hybridized carbons (Fsp3) is 0.259. The molecule has 8 heteroatoms. The number of anilines is 2. The van der Waals surface area contributed by atoms with Crippen LogP contribution >= 0.6 is 0 Å². The molecule has 1 aliphatic heterocycles. The van der Waals surface area contributed by atoms with E-state index in [1.54, 1.807) is 42.5 Å². The second-order valence-electron chi connectivity index (χ2n) is 8.14. The van der Waals surface area contributed by atoms with Gasteiger partial charge in [-0.25, -0.2) is 4.79 Å². The lowest BCUT2D eigenvalue weighted by Crippen LogP contribution is -2.35. The minimum atomic E-state index is -0.293. The lowest BCUT2D eigenvalue weighted by Gasteiger charge is -2.13. The fourth-order valence-electron chi connectivity index (χ4n) is 3.69. The molecule has 0 aromatic heterocycles. The average Bonchev–Trinajstić information content (AvgIpc) is 3.42. The molecule has 3 N–H and O–H groups in total. The molecule has 1 unspecified atom stereocenters. The summed E-state index contributed by atoms with van der Waals surface area (Å²) in [5.41, 5.74) is 2.69. The Morgan fingerprint density at radius 2 is 1.69 bits per heavy atom. The van der Waals surface area contributed by atoms with Gasteiger partial charge in [0, 0.05) is 30.1 Å². The zero-order valence-corrected chi connectivity index (χ0v) is 19.6. The van der Waals surface area contributed by atoms with E-state index in [0.717, 1.165) is 25.0 Å². The molecule has 4 rings (SSSR count). The monoisotopic (exact) mass is 475 g/mol. The summed E-state index contributed by atoms with van der Waals surface area (Å²) in [7, 11) is 1.54. The molecule has 1 heterocycles. The molecule has 3 aromatic carbocycles. The minimum Gasteiger partial charge on any atom is -0.493 e. The van der Waals surface area contributed by atoms with Crippen LogP contribution in [0.1, 0.15) is 28.8 Å². The predicted molar refractivity (Wildman–Crippen MR) is 134 cm³/mol. The van der Waals surface area contributed by atoms with Crippen LogP contribution in [-0.4, -0.2) is 38.3 Å². The summed E-state index contributed by atoms with van der Waals surface area (Å²) in [6.45, 7) is 1.63. The van der Waals surface area contributed by atoms with E-state index in [4.69, 9.17) is 14.2 Å². The van der Waals surface area contributed by atoms with Crippen LogP contribution in [0, 0.1) is 0 Å². The molecule has 0 saturated carbocycles. The molecule has 8 nitrogen and oxygen atoms in total. The first-order valence-corrected chi connectivity index (χ1v) is 11.5. The van der Waals surface area contributed by atoms with E-state index < -0.39 is 0 Å². The number of amides is 3. The Bertz CT molecular complexity index is 1130. The van der Waals surface area contributed by atoms with Crippen molar-refractivity contribution in [1.29, 1.82) is 0 Å². The molecule has 3 aromatic rings. The van der Waals surface area contributed by atoms with Gasteiger partial charge in [-0.1, -0.05) is 30.3 Å². The van der Waals surface area contributed by atoms with E-state index in [2.05, 4.69) is 16.0 Å². The quantitative estimate of drug-likeness (QED) is 0.412. The first kappa shape index (κ1) is 24.1. The standard InChI is InChI=1S/C27H29N3O5/c1-33-25-16-20(9-14-24(25)35-18-19-6-3-2-4-7-19)26(31)29-21-10-12-22(13-11-21)30-27(32)28-17-23-8-5-15-34-23/h2-4,6-7,9-14,16,23H,5,8,15,17-18H2,1H3,(H,29,31)(H2,28,30,32). The third-order valence-electron chi connectivity index (χ3n) is 5.58. The highest BCUT2D eigenvalue weighted by Crippen LogP contribution is 2.29. The zero-order valence-electron chi connectivity index (χ0n) is 19.6. The van der Waals surface area contributed by atoms with Gasteiger partial charge in [-0.3, -0.25) is 4.79 Å². The summed E-state index contributed by atoms with van der Waals surface area (Å²) in [6.07, 6.45) is 2.07. The highest BCUT2D eigenvalue weighted by atomic mass is 16.5. The van der Waals surface area contributed by atoms with Crippen LogP contribution in [0.2, 0.25) is 0 Å². The Morgan fingerprint density at radius 1 is 0.943 bits per heavy atom. The third-order valence-corrected chi connectivity index (χ3v) is 5.58. The van der Waals surface area contributed by atoms with Gasteiger partial charge in [-0.15, -0.1) is 0 Å². The van der Waals surface area contributed by atoms with Crippen molar-refractivity contribution >= 4 is 23.3 Å². The molecule has 0 bridgehead atoms. The zero-order chi connectivity index (χ0) is 24.5. The molecule has 0 radical (unpaired) electrons. The van der Waals surface area contributed by atoms with E-state index in [1.807, 2.05) is 30.3 Å². The van der Waals surface area contributed by atoms with Gasteiger partial charge in [0.25, 0.3) is 5.91 Å². The topological polar surface area (TPSA) is 97.9 Å². The molecular weight excluding hydrogens is 446 g/mol. The average molecular weight is 476 g/mol. The van der Waals surface area contributed by atoms with Crippen molar-refractivity contribution in [3.05, 3.63) is 83.9 Å². The molecule has 1 aliphatic rings. The van der Waals surface area contributed by atoms with Crippen LogP contribution in [0.4, 0.5) is 16.2 Å². The molecule has 1 saturated heterocycles.